The number of β-lactam (4-membered cyclic amide) rings is 1. The van der Waals surface area contributed by atoms with Gasteiger partial charge in [0.2, 0.25) is 11.7 Å². The molecule has 0 bridgehead atoms. The van der Waals surface area contributed by atoms with Gasteiger partial charge in [0.1, 0.15) is 6.61 Å². The van der Waals surface area contributed by atoms with Crippen LogP contribution in [-0.4, -0.2) is 62.7 Å². The molecule has 3 atom stereocenters. The fourth-order valence-electron chi connectivity index (χ4n) is 3.98. The van der Waals surface area contributed by atoms with E-state index in [2.05, 4.69) is 33.9 Å². The minimum absolute atomic E-state index is 0.0122. The molecule has 1 aliphatic heterocycles. The van der Waals surface area contributed by atoms with Crippen LogP contribution in [0.3, 0.4) is 0 Å². The molecule has 208 valence electrons. The van der Waals surface area contributed by atoms with Crippen LogP contribution in [0.2, 0.25) is 18.1 Å². The first kappa shape index (κ1) is 31.1. The lowest BCUT2D eigenvalue weighted by molar-refractivity contribution is -0.384. The molecule has 2 rings (SSSR count). The molecule has 1 heterocycles. The van der Waals surface area contributed by atoms with Crippen molar-refractivity contribution in [2.75, 3.05) is 20.8 Å². The normalized spacial score (nSPS) is 19.4. The molecule has 11 nitrogen and oxygen atoms in total. The molecule has 1 unspecified atom stereocenters. The van der Waals surface area contributed by atoms with E-state index in [4.69, 9.17) is 18.2 Å². The molecular formula is C24H39N2O9PSi. The minimum Gasteiger partial charge on any atom is -0.459 e. The van der Waals surface area contributed by atoms with E-state index in [0.717, 1.165) is 14.2 Å². The maximum absolute atomic E-state index is 13.5. The first-order valence-corrected chi connectivity index (χ1v) is 16.7. The van der Waals surface area contributed by atoms with Gasteiger partial charge < -0.3 is 23.1 Å². The summed E-state index contributed by atoms with van der Waals surface area (Å²) in [7, 11) is -3.84. The Morgan fingerprint density at radius 1 is 1.19 bits per heavy atom. The van der Waals surface area contributed by atoms with Crippen molar-refractivity contribution in [1.29, 1.82) is 0 Å². The highest BCUT2D eigenvalue weighted by molar-refractivity contribution is 7.55. The summed E-state index contributed by atoms with van der Waals surface area (Å²) in [6.07, 6.45) is 1.01. The van der Waals surface area contributed by atoms with Crippen LogP contribution in [0.1, 0.15) is 46.1 Å². The van der Waals surface area contributed by atoms with Crippen molar-refractivity contribution < 1.29 is 37.3 Å². The second-order valence-corrected chi connectivity index (χ2v) is 17.6. The van der Waals surface area contributed by atoms with E-state index in [-0.39, 0.29) is 29.2 Å². The minimum atomic E-state index is -4.10. The lowest BCUT2D eigenvalue weighted by Crippen LogP contribution is -2.66. The van der Waals surface area contributed by atoms with Crippen molar-refractivity contribution in [3.8, 4) is 0 Å². The summed E-state index contributed by atoms with van der Waals surface area (Å²) in [5.74, 6) is -3.21. The second kappa shape index (κ2) is 12.2. The number of rotatable bonds is 13. The standard InChI is InChI=1S/C24H39N2O9PSi/c1-9-19-20(14-15-35-37(7,8)24(2,3)4)25(21(19)27)22(36(31,32-5)33-6)23(28)34-16-17-10-12-18(13-11-17)26(29)30/h10-13,19-20,22H,9,14-16H2,1-8H3/t19-,20-,22?/m1/s1. The molecule has 0 radical (unpaired) electrons. The van der Waals surface area contributed by atoms with E-state index < -0.39 is 38.6 Å². The highest BCUT2D eigenvalue weighted by Crippen LogP contribution is 2.56. The predicted molar refractivity (Wildman–Crippen MR) is 140 cm³/mol. The summed E-state index contributed by atoms with van der Waals surface area (Å²) in [5, 5.41) is 10.9. The summed E-state index contributed by atoms with van der Waals surface area (Å²) in [6.45, 7) is 12.7. The Hall–Kier alpha value is -2.11. The maximum Gasteiger partial charge on any atom is 0.364 e. The van der Waals surface area contributed by atoms with E-state index >= 15 is 0 Å². The molecule has 1 aromatic carbocycles. The molecule has 0 aromatic heterocycles. The van der Waals surface area contributed by atoms with Gasteiger partial charge in [-0.25, -0.2) is 4.79 Å². The maximum atomic E-state index is 13.5. The molecule has 0 saturated carbocycles. The number of likely N-dealkylation sites (tertiary alicyclic amines) is 1. The highest BCUT2D eigenvalue weighted by Gasteiger charge is 2.58. The van der Waals surface area contributed by atoms with E-state index in [9.17, 15) is 24.3 Å². The molecular weight excluding hydrogens is 519 g/mol. The number of esters is 1. The Labute approximate surface area is 219 Å². The number of nitrogens with zero attached hydrogens (tertiary/aromatic N) is 2. The summed E-state index contributed by atoms with van der Waals surface area (Å²) < 4.78 is 35.4. The smallest absolute Gasteiger partial charge is 0.364 e. The Kier molecular flexibility index (Phi) is 10.2. The van der Waals surface area contributed by atoms with Crippen LogP contribution in [0.25, 0.3) is 0 Å². The number of amides is 1. The number of non-ortho nitro benzene ring substituents is 1. The topological polar surface area (TPSA) is 135 Å². The van der Waals surface area contributed by atoms with E-state index in [1.165, 1.54) is 29.2 Å². The molecule has 1 saturated heterocycles. The summed E-state index contributed by atoms with van der Waals surface area (Å²) in [5.41, 5.74) is 0.388. The van der Waals surface area contributed by atoms with Gasteiger partial charge in [-0.3, -0.25) is 19.5 Å². The number of carbonyl (C=O) groups is 2. The van der Waals surface area contributed by atoms with Crippen LogP contribution >= 0.6 is 7.60 Å². The molecule has 0 spiro atoms. The van der Waals surface area contributed by atoms with E-state index in [1.54, 1.807) is 0 Å². The number of hydrogen-bond donors (Lipinski definition) is 0. The van der Waals surface area contributed by atoms with Gasteiger partial charge in [0.15, 0.2) is 8.32 Å². The van der Waals surface area contributed by atoms with Crippen LogP contribution in [0.4, 0.5) is 5.69 Å². The average molecular weight is 559 g/mol. The fourth-order valence-corrected chi connectivity index (χ4v) is 6.52. The van der Waals surface area contributed by atoms with Crippen molar-refractivity contribution >= 4 is 33.5 Å². The van der Waals surface area contributed by atoms with Gasteiger partial charge >= 0.3 is 13.6 Å². The Balaban J connectivity index is 2.25. The van der Waals surface area contributed by atoms with Crippen LogP contribution in [0, 0.1) is 16.0 Å². The number of benzene rings is 1. The largest absolute Gasteiger partial charge is 0.459 e. The van der Waals surface area contributed by atoms with E-state index in [0.29, 0.717) is 25.0 Å². The van der Waals surface area contributed by atoms with Gasteiger partial charge in [-0.05, 0) is 48.7 Å². The van der Waals surface area contributed by atoms with Crippen molar-refractivity contribution in [3.05, 3.63) is 39.9 Å². The van der Waals surface area contributed by atoms with Crippen molar-refractivity contribution in [3.63, 3.8) is 0 Å². The number of ether oxygens (including phenoxy) is 1. The molecule has 37 heavy (non-hydrogen) atoms. The molecule has 0 aliphatic carbocycles. The third-order valence-electron chi connectivity index (χ3n) is 7.33. The lowest BCUT2D eigenvalue weighted by atomic mass is 9.83. The first-order chi connectivity index (χ1) is 17.1. The van der Waals surface area contributed by atoms with Gasteiger partial charge in [0.25, 0.3) is 5.69 Å². The quantitative estimate of drug-likeness (QED) is 0.0809. The second-order valence-electron chi connectivity index (χ2n) is 10.5. The van der Waals surface area contributed by atoms with Crippen LogP contribution in [0.15, 0.2) is 24.3 Å². The van der Waals surface area contributed by atoms with Crippen molar-refractivity contribution in [2.45, 2.75) is 77.1 Å². The van der Waals surface area contributed by atoms with Crippen LogP contribution in [-0.2, 0) is 39.0 Å². The fraction of sp³-hybridized carbons (Fsp3) is 0.667. The number of nitro benzene ring substituents is 1. The van der Waals surface area contributed by atoms with Gasteiger partial charge in [-0.1, -0.05) is 27.7 Å². The highest BCUT2D eigenvalue weighted by atomic mass is 31.2. The molecule has 13 heteroatoms. The van der Waals surface area contributed by atoms with Gasteiger partial charge in [0, 0.05) is 39.0 Å². The monoisotopic (exact) mass is 558 g/mol. The first-order valence-electron chi connectivity index (χ1n) is 12.2. The van der Waals surface area contributed by atoms with E-state index in [1.807, 2.05) is 6.92 Å². The average Bonchev–Trinajstić information content (AvgIpc) is 2.84. The van der Waals surface area contributed by atoms with Gasteiger partial charge in [-0.2, -0.15) is 0 Å². The molecule has 1 amide bonds. The number of carbonyl (C=O) groups excluding carboxylic acids is 2. The van der Waals surface area contributed by atoms with Gasteiger partial charge in [0.05, 0.1) is 10.8 Å². The zero-order chi connectivity index (χ0) is 28.2. The summed E-state index contributed by atoms with van der Waals surface area (Å²) >= 11 is 0. The van der Waals surface area contributed by atoms with Crippen molar-refractivity contribution in [2.24, 2.45) is 5.92 Å². The molecule has 0 N–H and O–H groups in total. The third-order valence-corrected chi connectivity index (χ3v) is 13.9. The Morgan fingerprint density at radius 3 is 2.22 bits per heavy atom. The zero-order valence-electron chi connectivity index (χ0n) is 22.9. The molecule has 1 aromatic rings. The summed E-state index contributed by atoms with van der Waals surface area (Å²) in [4.78, 5) is 38.0. The van der Waals surface area contributed by atoms with Crippen LogP contribution in [0.5, 0.6) is 0 Å². The molecule has 1 fully saturated rings. The zero-order valence-corrected chi connectivity index (χ0v) is 24.8. The SMILES string of the molecule is CC[C@H]1C(=O)N(C(C(=O)OCc2ccc([N+](=O)[O-])cc2)P(=O)(OC)OC)[C@@H]1CCO[Si](C)(C)C(C)(C)C. The molecule has 1 aliphatic rings. The number of hydrogen-bond acceptors (Lipinski definition) is 9. The summed E-state index contributed by atoms with van der Waals surface area (Å²) in [6, 6.07) is 5.08. The predicted octanol–water partition coefficient (Wildman–Crippen LogP) is 5.10. The van der Waals surface area contributed by atoms with Crippen LogP contribution < -0.4 is 0 Å². The van der Waals surface area contributed by atoms with Gasteiger partial charge in [-0.15, -0.1) is 0 Å². The van der Waals surface area contributed by atoms with Crippen molar-refractivity contribution in [1.82, 2.24) is 4.90 Å². The number of nitro groups is 1. The third kappa shape index (κ3) is 6.86. The Morgan fingerprint density at radius 2 is 1.76 bits per heavy atom. The Bertz CT molecular complexity index is 1020. The lowest BCUT2D eigenvalue weighted by Gasteiger charge is -2.50.